The molecule has 0 aromatic carbocycles. The lowest BCUT2D eigenvalue weighted by molar-refractivity contribution is -0.118. The van der Waals surface area contributed by atoms with E-state index in [1.165, 1.54) is 11.5 Å². The van der Waals surface area contributed by atoms with Gasteiger partial charge < -0.3 is 0 Å². The zero-order chi connectivity index (χ0) is 9.19. The lowest BCUT2D eigenvalue weighted by atomic mass is 9.84. The minimum absolute atomic E-state index is 0.105. The van der Waals surface area contributed by atoms with Crippen molar-refractivity contribution in [3.05, 3.63) is 17.1 Å². The number of hydrogen-bond donors (Lipinski definition) is 0. The highest BCUT2D eigenvalue weighted by molar-refractivity contribution is 7.03. The Bertz CT molecular complexity index is 264. The molecule has 0 atom stereocenters. The summed E-state index contributed by atoms with van der Waals surface area (Å²) in [5, 5.41) is 1.94. The summed E-state index contributed by atoms with van der Waals surface area (Å²) >= 11 is 1.43. The number of Topliss-reactive ketones (excluding diaryl/α,β-unsaturated/α-hetero) is 1. The van der Waals surface area contributed by atoms with E-state index in [0.29, 0.717) is 6.42 Å². The van der Waals surface area contributed by atoms with Gasteiger partial charge in [0, 0.05) is 17.2 Å². The first-order valence-corrected chi connectivity index (χ1v) is 4.76. The van der Waals surface area contributed by atoms with Gasteiger partial charge in [-0.1, -0.05) is 13.8 Å². The van der Waals surface area contributed by atoms with E-state index in [0.717, 1.165) is 5.69 Å². The number of carbonyl (C=O) groups is 1. The summed E-state index contributed by atoms with van der Waals surface area (Å²) in [5.41, 5.74) is 0.911. The van der Waals surface area contributed by atoms with E-state index in [9.17, 15) is 4.79 Å². The largest absolute Gasteiger partial charge is 0.300 e. The van der Waals surface area contributed by atoms with Crippen LogP contribution < -0.4 is 0 Å². The molecule has 0 saturated carbocycles. The predicted octanol–water partition coefficient (Wildman–Crippen LogP) is 2.40. The second kappa shape index (κ2) is 3.35. The standard InChI is InChI=1S/C9H13NOS/c1-7(11)6-9(2,3)8-4-5-12-10-8/h4-5H,6H2,1-3H3. The van der Waals surface area contributed by atoms with Crippen LogP contribution in [0.25, 0.3) is 0 Å². The molecule has 0 saturated heterocycles. The molecule has 0 aliphatic carbocycles. The predicted molar refractivity (Wildman–Crippen MR) is 50.4 cm³/mol. The van der Waals surface area contributed by atoms with Crippen LogP contribution >= 0.6 is 11.5 Å². The van der Waals surface area contributed by atoms with Crippen molar-refractivity contribution in [2.24, 2.45) is 0 Å². The highest BCUT2D eigenvalue weighted by Gasteiger charge is 2.24. The van der Waals surface area contributed by atoms with Crippen LogP contribution in [0.1, 0.15) is 32.9 Å². The summed E-state index contributed by atoms with van der Waals surface area (Å²) in [7, 11) is 0. The molecular formula is C9H13NOS. The van der Waals surface area contributed by atoms with Gasteiger partial charge in [-0.05, 0) is 24.5 Å². The minimum Gasteiger partial charge on any atom is -0.300 e. The van der Waals surface area contributed by atoms with Gasteiger partial charge in [-0.3, -0.25) is 4.79 Å². The maximum absolute atomic E-state index is 10.9. The first-order valence-electron chi connectivity index (χ1n) is 3.93. The molecule has 1 aromatic heterocycles. The molecule has 2 nitrogen and oxygen atoms in total. The van der Waals surface area contributed by atoms with Crippen LogP contribution in [-0.4, -0.2) is 10.2 Å². The van der Waals surface area contributed by atoms with Gasteiger partial charge in [-0.25, -0.2) is 0 Å². The third kappa shape index (κ3) is 2.14. The number of carbonyl (C=O) groups excluding carboxylic acids is 1. The van der Waals surface area contributed by atoms with E-state index in [1.54, 1.807) is 6.92 Å². The van der Waals surface area contributed by atoms with Crippen molar-refractivity contribution >= 4 is 17.3 Å². The maximum Gasteiger partial charge on any atom is 0.130 e. The lowest BCUT2D eigenvalue weighted by Gasteiger charge is -2.20. The van der Waals surface area contributed by atoms with Crippen molar-refractivity contribution in [2.45, 2.75) is 32.6 Å². The third-order valence-electron chi connectivity index (χ3n) is 1.82. The summed E-state index contributed by atoms with van der Waals surface area (Å²) < 4.78 is 4.23. The molecule has 0 aliphatic rings. The second-order valence-corrected chi connectivity index (χ2v) is 4.31. The molecule has 1 heterocycles. The van der Waals surface area contributed by atoms with Crippen LogP contribution in [0.2, 0.25) is 0 Å². The fourth-order valence-corrected chi connectivity index (χ4v) is 1.95. The van der Waals surface area contributed by atoms with Crippen molar-refractivity contribution in [2.75, 3.05) is 0 Å². The molecule has 1 aromatic rings. The summed E-state index contributed by atoms with van der Waals surface area (Å²) in [4.78, 5) is 10.9. The Morgan fingerprint density at radius 2 is 2.33 bits per heavy atom. The Kier molecular flexibility index (Phi) is 2.62. The number of nitrogens with zero attached hydrogens (tertiary/aromatic N) is 1. The fourth-order valence-electron chi connectivity index (χ4n) is 1.27. The van der Waals surface area contributed by atoms with E-state index >= 15 is 0 Å². The minimum atomic E-state index is -0.105. The van der Waals surface area contributed by atoms with E-state index in [1.807, 2.05) is 25.3 Å². The van der Waals surface area contributed by atoms with Crippen molar-refractivity contribution in [1.82, 2.24) is 4.37 Å². The van der Waals surface area contributed by atoms with Crippen LogP contribution in [0.5, 0.6) is 0 Å². The topological polar surface area (TPSA) is 30.0 Å². The van der Waals surface area contributed by atoms with Crippen LogP contribution in [-0.2, 0) is 10.2 Å². The first-order chi connectivity index (χ1) is 5.52. The molecule has 0 N–H and O–H groups in total. The van der Waals surface area contributed by atoms with Gasteiger partial charge >= 0.3 is 0 Å². The molecule has 0 spiro atoms. The zero-order valence-electron chi connectivity index (χ0n) is 7.63. The molecule has 3 heteroatoms. The van der Waals surface area contributed by atoms with Gasteiger partial charge in [0.15, 0.2) is 0 Å². The molecule has 0 fully saturated rings. The highest BCUT2D eigenvalue weighted by Crippen LogP contribution is 2.26. The van der Waals surface area contributed by atoms with Gasteiger partial charge in [0.1, 0.15) is 5.78 Å². The Balaban J connectivity index is 2.79. The summed E-state index contributed by atoms with van der Waals surface area (Å²) in [6.07, 6.45) is 0.566. The summed E-state index contributed by atoms with van der Waals surface area (Å²) in [6, 6.07) is 1.98. The van der Waals surface area contributed by atoms with Crippen LogP contribution in [0.3, 0.4) is 0 Å². The third-order valence-corrected chi connectivity index (χ3v) is 2.38. The van der Waals surface area contributed by atoms with E-state index < -0.39 is 0 Å². The normalized spacial score (nSPS) is 11.6. The van der Waals surface area contributed by atoms with Gasteiger partial charge in [0.25, 0.3) is 0 Å². The van der Waals surface area contributed by atoms with E-state index in [2.05, 4.69) is 4.37 Å². The number of ketones is 1. The SMILES string of the molecule is CC(=O)CC(C)(C)c1ccsn1. The Labute approximate surface area is 76.8 Å². The van der Waals surface area contributed by atoms with Crippen molar-refractivity contribution < 1.29 is 4.79 Å². The van der Waals surface area contributed by atoms with Crippen molar-refractivity contribution in [3.8, 4) is 0 Å². The van der Waals surface area contributed by atoms with Crippen LogP contribution in [0.4, 0.5) is 0 Å². The van der Waals surface area contributed by atoms with E-state index in [4.69, 9.17) is 0 Å². The van der Waals surface area contributed by atoms with Gasteiger partial charge in [-0.15, -0.1) is 0 Å². The van der Waals surface area contributed by atoms with Gasteiger partial charge in [-0.2, -0.15) is 4.37 Å². The fraction of sp³-hybridized carbons (Fsp3) is 0.556. The molecule has 0 aliphatic heterocycles. The Morgan fingerprint density at radius 3 is 2.75 bits per heavy atom. The summed E-state index contributed by atoms with van der Waals surface area (Å²) in [6.45, 7) is 5.71. The Morgan fingerprint density at radius 1 is 1.67 bits per heavy atom. The maximum atomic E-state index is 10.9. The second-order valence-electron chi connectivity index (χ2n) is 3.65. The van der Waals surface area contributed by atoms with Gasteiger partial charge in [0.2, 0.25) is 0 Å². The van der Waals surface area contributed by atoms with Gasteiger partial charge in [0.05, 0.1) is 5.69 Å². The quantitative estimate of drug-likeness (QED) is 0.720. The van der Waals surface area contributed by atoms with Crippen molar-refractivity contribution in [1.29, 1.82) is 0 Å². The summed E-state index contributed by atoms with van der Waals surface area (Å²) in [5.74, 6) is 0.216. The highest BCUT2D eigenvalue weighted by atomic mass is 32.1. The first kappa shape index (κ1) is 9.39. The average molecular weight is 183 g/mol. The number of hydrogen-bond acceptors (Lipinski definition) is 3. The smallest absolute Gasteiger partial charge is 0.130 e. The molecule has 0 radical (unpaired) electrons. The van der Waals surface area contributed by atoms with E-state index in [-0.39, 0.29) is 11.2 Å². The monoisotopic (exact) mass is 183 g/mol. The van der Waals surface area contributed by atoms with Crippen LogP contribution in [0, 0.1) is 0 Å². The molecule has 1 rings (SSSR count). The molecule has 12 heavy (non-hydrogen) atoms. The van der Waals surface area contributed by atoms with Crippen molar-refractivity contribution in [3.63, 3.8) is 0 Å². The molecule has 66 valence electrons. The Hall–Kier alpha value is -0.700. The average Bonchev–Trinajstić information content (AvgIpc) is 2.32. The molecule has 0 unspecified atom stereocenters. The number of aromatic nitrogens is 1. The van der Waals surface area contributed by atoms with Crippen LogP contribution in [0.15, 0.2) is 11.4 Å². The lowest BCUT2D eigenvalue weighted by Crippen LogP contribution is -2.20. The molecular weight excluding hydrogens is 170 g/mol. The molecule has 0 bridgehead atoms. The zero-order valence-corrected chi connectivity index (χ0v) is 8.44. The number of rotatable bonds is 3. The molecule has 0 amide bonds.